The second-order valence-corrected chi connectivity index (χ2v) is 5.98. The quantitative estimate of drug-likeness (QED) is 0.766. The zero-order valence-corrected chi connectivity index (χ0v) is 14.5. The highest BCUT2D eigenvalue weighted by atomic mass is 16.5. The minimum absolute atomic E-state index is 0.0819. The van der Waals surface area contributed by atoms with Gasteiger partial charge in [0.1, 0.15) is 17.8 Å². The summed E-state index contributed by atoms with van der Waals surface area (Å²) >= 11 is 0. The molecule has 0 bridgehead atoms. The molecule has 0 aliphatic carbocycles. The highest BCUT2D eigenvalue weighted by Crippen LogP contribution is 2.12. The van der Waals surface area contributed by atoms with Crippen LogP contribution in [0.4, 0.5) is 0 Å². The molecular weight excluding hydrogens is 320 g/mol. The lowest BCUT2D eigenvalue weighted by atomic mass is 10.1. The molecule has 2 heterocycles. The van der Waals surface area contributed by atoms with Gasteiger partial charge in [-0.25, -0.2) is 0 Å². The zero-order valence-electron chi connectivity index (χ0n) is 14.5. The Labute approximate surface area is 144 Å². The predicted octanol–water partition coefficient (Wildman–Crippen LogP) is 1.88. The third-order valence-corrected chi connectivity index (χ3v) is 4.07. The minimum atomic E-state index is -0.300. The van der Waals surface area contributed by atoms with Crippen LogP contribution in [0.25, 0.3) is 11.1 Å². The van der Waals surface area contributed by atoms with E-state index in [1.54, 1.807) is 6.92 Å². The number of amides is 1. The molecule has 7 heteroatoms. The standard InChI is InChI=1S/C18H20N4O3/c1-4-14-20-17-16(12(3)21-25-17)18(24)22(14)10-15(23)19-9-13-7-5-11(2)6-8-13/h5-8H,4,9-10H2,1-3H3,(H,19,23). The maximum absolute atomic E-state index is 12.7. The fraction of sp³-hybridized carbons (Fsp3) is 0.333. The summed E-state index contributed by atoms with van der Waals surface area (Å²) in [5.41, 5.74) is 2.56. The van der Waals surface area contributed by atoms with Crippen molar-refractivity contribution in [3.63, 3.8) is 0 Å². The highest BCUT2D eigenvalue weighted by Gasteiger charge is 2.17. The Kier molecular flexibility index (Phi) is 4.65. The number of aromatic nitrogens is 3. The van der Waals surface area contributed by atoms with Crippen molar-refractivity contribution in [2.75, 3.05) is 0 Å². The summed E-state index contributed by atoms with van der Waals surface area (Å²) in [6.07, 6.45) is 0.510. The molecular formula is C18H20N4O3. The summed E-state index contributed by atoms with van der Waals surface area (Å²) < 4.78 is 6.46. The minimum Gasteiger partial charge on any atom is -0.350 e. The maximum Gasteiger partial charge on any atom is 0.267 e. The lowest BCUT2D eigenvalue weighted by molar-refractivity contribution is -0.121. The van der Waals surface area contributed by atoms with Crippen LogP contribution in [0, 0.1) is 13.8 Å². The molecule has 3 rings (SSSR count). The van der Waals surface area contributed by atoms with Gasteiger partial charge in [-0.3, -0.25) is 14.2 Å². The molecule has 0 saturated heterocycles. The Morgan fingerprint density at radius 3 is 2.64 bits per heavy atom. The lowest BCUT2D eigenvalue weighted by Crippen LogP contribution is -2.34. The van der Waals surface area contributed by atoms with E-state index in [9.17, 15) is 9.59 Å². The molecule has 1 amide bonds. The van der Waals surface area contributed by atoms with Crippen LogP contribution in [0.2, 0.25) is 0 Å². The molecule has 1 aromatic carbocycles. The van der Waals surface area contributed by atoms with E-state index in [0.29, 0.717) is 29.9 Å². The van der Waals surface area contributed by atoms with Gasteiger partial charge in [-0.15, -0.1) is 0 Å². The van der Waals surface area contributed by atoms with Crippen LogP contribution in [0.1, 0.15) is 29.6 Å². The van der Waals surface area contributed by atoms with Crippen molar-refractivity contribution in [2.45, 2.75) is 40.3 Å². The Hall–Kier alpha value is -2.96. The van der Waals surface area contributed by atoms with Crippen molar-refractivity contribution in [3.8, 4) is 0 Å². The Morgan fingerprint density at radius 2 is 1.96 bits per heavy atom. The second kappa shape index (κ2) is 6.88. The number of fused-ring (bicyclic) bond motifs is 1. The van der Waals surface area contributed by atoms with E-state index in [1.165, 1.54) is 4.57 Å². The highest BCUT2D eigenvalue weighted by molar-refractivity contribution is 5.77. The first-order valence-electron chi connectivity index (χ1n) is 8.17. The number of rotatable bonds is 5. The van der Waals surface area contributed by atoms with Crippen molar-refractivity contribution in [1.82, 2.24) is 20.0 Å². The fourth-order valence-electron chi connectivity index (χ4n) is 2.65. The van der Waals surface area contributed by atoms with E-state index in [1.807, 2.05) is 38.1 Å². The summed E-state index contributed by atoms with van der Waals surface area (Å²) in [6.45, 7) is 5.90. The van der Waals surface area contributed by atoms with Gasteiger partial charge in [-0.2, -0.15) is 4.98 Å². The van der Waals surface area contributed by atoms with Gasteiger partial charge < -0.3 is 9.84 Å². The van der Waals surface area contributed by atoms with Gasteiger partial charge >= 0.3 is 0 Å². The molecule has 0 spiro atoms. The van der Waals surface area contributed by atoms with Gasteiger partial charge in [-0.1, -0.05) is 41.9 Å². The Balaban J connectivity index is 1.80. The molecule has 0 saturated carbocycles. The molecule has 1 N–H and O–H groups in total. The molecule has 7 nitrogen and oxygen atoms in total. The molecule has 2 aromatic heterocycles. The van der Waals surface area contributed by atoms with E-state index < -0.39 is 0 Å². The van der Waals surface area contributed by atoms with Gasteiger partial charge in [0.15, 0.2) is 0 Å². The number of benzene rings is 1. The summed E-state index contributed by atoms with van der Waals surface area (Å²) in [4.78, 5) is 29.3. The first kappa shape index (κ1) is 16.9. The number of hydrogen-bond acceptors (Lipinski definition) is 5. The molecule has 25 heavy (non-hydrogen) atoms. The molecule has 0 atom stereocenters. The number of carbonyl (C=O) groups excluding carboxylic acids is 1. The van der Waals surface area contributed by atoms with Crippen molar-refractivity contribution >= 4 is 17.0 Å². The second-order valence-electron chi connectivity index (χ2n) is 5.98. The SMILES string of the molecule is CCc1nc2onc(C)c2c(=O)n1CC(=O)NCc1ccc(C)cc1. The van der Waals surface area contributed by atoms with Crippen molar-refractivity contribution in [3.05, 3.63) is 57.3 Å². The fourth-order valence-corrected chi connectivity index (χ4v) is 2.65. The average Bonchev–Trinajstić information content (AvgIpc) is 2.97. The van der Waals surface area contributed by atoms with Crippen LogP contribution in [-0.2, 0) is 24.3 Å². The number of carbonyl (C=O) groups is 1. The van der Waals surface area contributed by atoms with Gasteiger partial charge in [0, 0.05) is 13.0 Å². The predicted molar refractivity (Wildman–Crippen MR) is 93.2 cm³/mol. The first-order chi connectivity index (χ1) is 12.0. The van der Waals surface area contributed by atoms with E-state index in [-0.39, 0.29) is 23.7 Å². The van der Waals surface area contributed by atoms with Gasteiger partial charge in [0.2, 0.25) is 5.91 Å². The van der Waals surface area contributed by atoms with Gasteiger partial charge in [-0.05, 0) is 19.4 Å². The summed E-state index contributed by atoms with van der Waals surface area (Å²) in [6, 6.07) is 7.92. The normalized spacial score (nSPS) is 11.0. The molecule has 0 aliphatic rings. The first-order valence-corrected chi connectivity index (χ1v) is 8.17. The average molecular weight is 340 g/mol. The van der Waals surface area contributed by atoms with E-state index >= 15 is 0 Å². The van der Waals surface area contributed by atoms with Crippen LogP contribution in [0.15, 0.2) is 33.6 Å². The van der Waals surface area contributed by atoms with Crippen LogP contribution in [0.5, 0.6) is 0 Å². The van der Waals surface area contributed by atoms with Crippen LogP contribution < -0.4 is 10.9 Å². The largest absolute Gasteiger partial charge is 0.350 e. The number of nitrogens with zero attached hydrogens (tertiary/aromatic N) is 3. The third-order valence-electron chi connectivity index (χ3n) is 4.07. The third kappa shape index (κ3) is 3.45. The molecule has 0 radical (unpaired) electrons. The lowest BCUT2D eigenvalue weighted by Gasteiger charge is -2.11. The monoisotopic (exact) mass is 340 g/mol. The van der Waals surface area contributed by atoms with Crippen molar-refractivity contribution in [1.29, 1.82) is 0 Å². The molecule has 3 aromatic rings. The number of nitrogens with one attached hydrogen (secondary N) is 1. The van der Waals surface area contributed by atoms with Crippen LogP contribution >= 0.6 is 0 Å². The Bertz CT molecular complexity index is 970. The summed E-state index contributed by atoms with van der Waals surface area (Å²) in [5, 5.41) is 6.94. The van der Waals surface area contributed by atoms with E-state index in [2.05, 4.69) is 15.5 Å². The van der Waals surface area contributed by atoms with Gasteiger partial charge in [0.25, 0.3) is 11.3 Å². The summed E-state index contributed by atoms with van der Waals surface area (Å²) in [5.74, 6) is 0.256. The molecule has 0 unspecified atom stereocenters. The van der Waals surface area contributed by atoms with E-state index in [0.717, 1.165) is 11.1 Å². The number of aryl methyl sites for hydroxylation is 3. The van der Waals surface area contributed by atoms with Crippen molar-refractivity contribution < 1.29 is 9.32 Å². The molecule has 0 aliphatic heterocycles. The topological polar surface area (TPSA) is 90.0 Å². The number of hydrogen-bond donors (Lipinski definition) is 1. The smallest absolute Gasteiger partial charge is 0.267 e. The van der Waals surface area contributed by atoms with Gasteiger partial charge in [0.05, 0.1) is 5.69 Å². The Morgan fingerprint density at radius 1 is 1.24 bits per heavy atom. The maximum atomic E-state index is 12.7. The molecule has 0 fully saturated rings. The summed E-state index contributed by atoms with van der Waals surface area (Å²) in [7, 11) is 0. The molecule has 130 valence electrons. The van der Waals surface area contributed by atoms with Crippen LogP contribution in [0.3, 0.4) is 0 Å². The van der Waals surface area contributed by atoms with Crippen LogP contribution in [-0.4, -0.2) is 20.6 Å². The zero-order chi connectivity index (χ0) is 18.0. The van der Waals surface area contributed by atoms with Crippen molar-refractivity contribution in [2.24, 2.45) is 0 Å². The van der Waals surface area contributed by atoms with E-state index in [4.69, 9.17) is 4.52 Å².